The first-order valence-electron chi connectivity index (χ1n) is 7.95. The van der Waals surface area contributed by atoms with Crippen molar-refractivity contribution in [3.05, 3.63) is 30.9 Å². The molecule has 8 nitrogen and oxygen atoms in total. The predicted molar refractivity (Wildman–Crippen MR) is 107 cm³/mol. The number of aromatic nitrogens is 5. The van der Waals surface area contributed by atoms with E-state index in [0.29, 0.717) is 12.5 Å². The van der Waals surface area contributed by atoms with Gasteiger partial charge in [-0.1, -0.05) is 0 Å². The molecule has 0 saturated carbocycles. The molecule has 0 aromatic carbocycles. The lowest BCUT2D eigenvalue weighted by atomic mass is 10.2. The first-order valence-corrected chi connectivity index (χ1v) is 7.95. The van der Waals surface area contributed by atoms with Crippen molar-refractivity contribution in [3.63, 3.8) is 0 Å². The summed E-state index contributed by atoms with van der Waals surface area (Å²) in [4.78, 5) is 4.66. The molecule has 1 aliphatic heterocycles. The summed E-state index contributed by atoms with van der Waals surface area (Å²) in [6.07, 6.45) is 9.38. The van der Waals surface area contributed by atoms with E-state index in [1.54, 1.807) is 21.6 Å². The Kier molecular flexibility index (Phi) is 7.14. The molecule has 25 heavy (non-hydrogen) atoms. The summed E-state index contributed by atoms with van der Waals surface area (Å²) in [5.74, 6) is 0.592. The summed E-state index contributed by atoms with van der Waals surface area (Å²) in [5, 5.41) is 8.50. The zero-order valence-electron chi connectivity index (χ0n) is 14.3. The van der Waals surface area contributed by atoms with E-state index in [2.05, 4.69) is 20.9 Å². The van der Waals surface area contributed by atoms with Crippen LogP contribution >= 0.6 is 24.0 Å². The van der Waals surface area contributed by atoms with Crippen molar-refractivity contribution < 1.29 is 10.9 Å². The summed E-state index contributed by atoms with van der Waals surface area (Å²) in [5.41, 5.74) is 7.08. The monoisotopic (exact) mass is 460 g/mol. The van der Waals surface area contributed by atoms with Gasteiger partial charge < -0.3 is 15.2 Å². The van der Waals surface area contributed by atoms with Crippen LogP contribution in [-0.4, -0.2) is 50.7 Å². The van der Waals surface area contributed by atoms with Gasteiger partial charge in [0, 0.05) is 26.8 Å². The first-order chi connectivity index (χ1) is 11.8. The van der Waals surface area contributed by atoms with Gasteiger partial charge in [-0.25, -0.2) is 9.50 Å². The third kappa shape index (κ3) is 4.47. The van der Waals surface area contributed by atoms with E-state index in [0.717, 1.165) is 36.2 Å². The normalized spacial score (nSPS) is 16.7. The molecule has 4 heterocycles. The largest absolute Gasteiger partial charge is 0.470 e. The van der Waals surface area contributed by atoms with Gasteiger partial charge in [-0.3, -0.25) is 4.68 Å². The zero-order valence-corrected chi connectivity index (χ0v) is 16.7. The van der Waals surface area contributed by atoms with Crippen molar-refractivity contribution in [2.75, 3.05) is 20.3 Å². The summed E-state index contributed by atoms with van der Waals surface area (Å²) in [6.45, 7) is 1.42. The second-order valence-corrected chi connectivity index (χ2v) is 5.45. The highest BCUT2D eigenvalue weighted by Crippen LogP contribution is 2.25. The maximum absolute atomic E-state index is 6.07. The van der Waals surface area contributed by atoms with Gasteiger partial charge in [0.15, 0.2) is 0 Å². The quantitative estimate of drug-likeness (QED) is 0.603. The highest BCUT2D eigenvalue weighted by Gasteiger charge is 2.19. The van der Waals surface area contributed by atoms with Gasteiger partial charge in [-0.15, -0.1) is 24.0 Å². The summed E-state index contributed by atoms with van der Waals surface area (Å²) in [7, 11) is 3.38. The molecule has 1 saturated heterocycles. The molecule has 0 radical (unpaired) electrons. The van der Waals surface area contributed by atoms with Crippen LogP contribution in [0.25, 0.3) is 16.8 Å². The zero-order chi connectivity index (χ0) is 16.9. The molecular weight excluding hydrogens is 435 g/mol. The fraction of sp³-hybridized carbons (Fsp3) is 0.438. The molecule has 0 bridgehead atoms. The number of halogens is 1. The third-order valence-corrected chi connectivity index (χ3v) is 3.75. The van der Waals surface area contributed by atoms with Crippen LogP contribution in [0.15, 0.2) is 30.9 Å². The Morgan fingerprint density at radius 1 is 1.32 bits per heavy atom. The molecule has 0 aliphatic carbocycles. The minimum Gasteiger partial charge on any atom is -0.470 e. The Labute approximate surface area is 164 Å². The number of fused-ring (bicyclic) bond motifs is 1. The molecule has 1 aliphatic rings. The van der Waals surface area contributed by atoms with Gasteiger partial charge in [0.2, 0.25) is 5.88 Å². The molecule has 1 fully saturated rings. The summed E-state index contributed by atoms with van der Waals surface area (Å²) in [6, 6.07) is 1.90. The van der Waals surface area contributed by atoms with Crippen LogP contribution in [0.3, 0.4) is 0 Å². The molecule has 1 atom stereocenters. The van der Waals surface area contributed by atoms with E-state index in [4.69, 9.17) is 9.47 Å². The maximum Gasteiger partial charge on any atom is 0.241 e. The van der Waals surface area contributed by atoms with Crippen molar-refractivity contribution in [2.45, 2.75) is 18.9 Å². The fourth-order valence-electron chi connectivity index (χ4n) is 2.64. The van der Waals surface area contributed by atoms with Crippen LogP contribution < -0.4 is 10.5 Å². The van der Waals surface area contributed by atoms with Crippen LogP contribution in [0, 0.1) is 0 Å². The molecule has 3 aromatic heterocycles. The molecular formula is C16H25IN6O2. The number of ether oxygens (including phenoxy) is 2. The lowest BCUT2D eigenvalue weighted by molar-refractivity contribution is 0.00608. The van der Waals surface area contributed by atoms with E-state index in [-0.39, 0.29) is 31.5 Å². The van der Waals surface area contributed by atoms with E-state index >= 15 is 0 Å². The van der Waals surface area contributed by atoms with Crippen molar-refractivity contribution >= 4 is 29.5 Å². The van der Waals surface area contributed by atoms with Crippen LogP contribution in [-0.2, 0) is 11.8 Å². The molecule has 2 N–H and O–H groups in total. The van der Waals surface area contributed by atoms with Gasteiger partial charge in [-0.2, -0.15) is 10.2 Å². The molecule has 0 unspecified atom stereocenters. The van der Waals surface area contributed by atoms with Gasteiger partial charge in [0.25, 0.3) is 0 Å². The Balaban J connectivity index is 0.000000818. The average Bonchev–Trinajstić information content (AvgIpc) is 3.26. The Morgan fingerprint density at radius 2 is 2.16 bits per heavy atom. The summed E-state index contributed by atoms with van der Waals surface area (Å²) >= 11 is 0. The van der Waals surface area contributed by atoms with E-state index in [9.17, 15) is 0 Å². The molecule has 138 valence electrons. The smallest absolute Gasteiger partial charge is 0.241 e. The lowest BCUT2D eigenvalue weighted by Crippen LogP contribution is -2.28. The van der Waals surface area contributed by atoms with Crippen LogP contribution in [0.1, 0.15) is 14.3 Å². The van der Waals surface area contributed by atoms with Gasteiger partial charge >= 0.3 is 0 Å². The Bertz CT molecular complexity index is 803. The van der Waals surface area contributed by atoms with Gasteiger partial charge in [-0.05, 0) is 26.0 Å². The highest BCUT2D eigenvalue weighted by molar-refractivity contribution is 14.0. The minimum absolute atomic E-state index is 0. The number of nitrogens with zero attached hydrogens (tertiary/aromatic N) is 5. The SMILES string of the molecule is CN.Cn1cc(-c2cn3nccc3c(O[C@@H]3CCCOC3)n2)cn1.I.[HH]. The highest BCUT2D eigenvalue weighted by atomic mass is 127. The van der Waals surface area contributed by atoms with Gasteiger partial charge in [0.05, 0.1) is 30.9 Å². The fourth-order valence-corrected chi connectivity index (χ4v) is 2.64. The minimum atomic E-state index is 0. The number of aryl methyl sites for hydroxylation is 1. The summed E-state index contributed by atoms with van der Waals surface area (Å²) < 4.78 is 15.1. The number of nitrogens with two attached hydrogens (primary N) is 1. The number of hydrogen-bond donors (Lipinski definition) is 1. The van der Waals surface area contributed by atoms with Crippen molar-refractivity contribution in [1.29, 1.82) is 0 Å². The second-order valence-electron chi connectivity index (χ2n) is 5.45. The Hall–Kier alpha value is -1.72. The molecule has 0 spiro atoms. The molecule has 4 rings (SSSR count). The predicted octanol–water partition coefficient (Wildman–Crippen LogP) is 2.13. The first kappa shape index (κ1) is 19.6. The van der Waals surface area contributed by atoms with Gasteiger partial charge in [0.1, 0.15) is 11.6 Å². The molecule has 9 heteroatoms. The third-order valence-electron chi connectivity index (χ3n) is 3.75. The van der Waals surface area contributed by atoms with Crippen LogP contribution in [0.2, 0.25) is 0 Å². The van der Waals surface area contributed by atoms with Crippen molar-refractivity contribution in [3.8, 4) is 17.1 Å². The van der Waals surface area contributed by atoms with E-state index in [1.807, 2.05) is 25.5 Å². The maximum atomic E-state index is 6.07. The van der Waals surface area contributed by atoms with E-state index in [1.165, 1.54) is 7.05 Å². The van der Waals surface area contributed by atoms with Crippen molar-refractivity contribution in [1.82, 2.24) is 24.4 Å². The van der Waals surface area contributed by atoms with Crippen LogP contribution in [0.5, 0.6) is 5.88 Å². The second kappa shape index (κ2) is 9.11. The molecule has 3 aromatic rings. The van der Waals surface area contributed by atoms with Crippen molar-refractivity contribution in [2.24, 2.45) is 12.8 Å². The number of hydrogen-bond acceptors (Lipinski definition) is 6. The lowest BCUT2D eigenvalue weighted by Gasteiger charge is -2.23. The van der Waals surface area contributed by atoms with Crippen LogP contribution in [0.4, 0.5) is 0 Å². The molecule has 0 amide bonds. The topological polar surface area (TPSA) is 92.5 Å². The Morgan fingerprint density at radius 3 is 2.84 bits per heavy atom. The number of rotatable bonds is 3. The standard InChI is InChI=1S/C15H17N5O2.CH5N.HI.H2/c1-19-8-11(7-17-19)13-9-20-14(4-5-16-20)15(18-13)22-12-3-2-6-21-10-12;1-2;;/h4-5,7-9,12H,2-3,6,10H2,1H3;2H2,1H3;2*1H/t12-;;;/m1.../s1. The average molecular weight is 460 g/mol. The van der Waals surface area contributed by atoms with E-state index < -0.39 is 0 Å².